The van der Waals surface area contributed by atoms with Crippen molar-refractivity contribution in [3.63, 3.8) is 0 Å². The summed E-state index contributed by atoms with van der Waals surface area (Å²) >= 11 is 0. The number of aromatic nitrogens is 2. The molecule has 2 heterocycles. The van der Waals surface area contributed by atoms with Crippen molar-refractivity contribution in [3.05, 3.63) is 78.6 Å². The lowest BCUT2D eigenvalue weighted by Gasteiger charge is -2.34. The minimum atomic E-state index is -0.143. The van der Waals surface area contributed by atoms with E-state index in [1.54, 1.807) is 6.08 Å². The monoisotopic (exact) mass is 457 g/mol. The first-order valence-electron chi connectivity index (χ1n) is 11.5. The summed E-state index contributed by atoms with van der Waals surface area (Å²) in [5, 5.41) is 9.52. The third-order valence-corrected chi connectivity index (χ3v) is 5.66. The van der Waals surface area contributed by atoms with Crippen molar-refractivity contribution in [2.45, 2.75) is 13.5 Å². The zero-order valence-electron chi connectivity index (χ0n) is 19.7. The second-order valence-electron chi connectivity index (χ2n) is 8.29. The molecule has 3 N–H and O–H groups in total. The number of anilines is 5. The van der Waals surface area contributed by atoms with Gasteiger partial charge in [-0.2, -0.15) is 0 Å². The number of rotatable bonds is 8. The largest absolute Gasteiger partial charge is 0.369 e. The third kappa shape index (κ3) is 6.55. The molecule has 176 valence electrons. The van der Waals surface area contributed by atoms with Crippen molar-refractivity contribution in [1.29, 1.82) is 0 Å². The van der Waals surface area contributed by atoms with Crippen molar-refractivity contribution in [3.8, 4) is 0 Å². The Kier molecular flexibility index (Phi) is 7.72. The predicted molar refractivity (Wildman–Crippen MR) is 139 cm³/mol. The molecule has 1 aliphatic heterocycles. The molecule has 0 unspecified atom stereocenters. The van der Waals surface area contributed by atoms with Crippen LogP contribution in [0, 0.1) is 0 Å². The Labute approximate surface area is 200 Å². The van der Waals surface area contributed by atoms with Crippen LogP contribution in [-0.4, -0.2) is 54.0 Å². The molecule has 0 spiro atoms. The van der Waals surface area contributed by atoms with Gasteiger partial charge in [-0.1, -0.05) is 18.2 Å². The van der Waals surface area contributed by atoms with Gasteiger partial charge in [0, 0.05) is 55.9 Å². The first-order valence-corrected chi connectivity index (χ1v) is 11.5. The number of hydrogen-bond donors (Lipinski definition) is 3. The number of allylic oxidation sites excluding steroid dienone is 1. The Morgan fingerprint density at radius 3 is 2.50 bits per heavy atom. The lowest BCUT2D eigenvalue weighted by molar-refractivity contribution is -0.111. The third-order valence-electron chi connectivity index (χ3n) is 5.66. The lowest BCUT2D eigenvalue weighted by Crippen LogP contribution is -2.44. The first kappa shape index (κ1) is 23.3. The number of carbonyl (C=O) groups excluding carboxylic acids is 1. The summed E-state index contributed by atoms with van der Waals surface area (Å²) in [5.74, 6) is 1.29. The summed E-state index contributed by atoms with van der Waals surface area (Å²) in [4.78, 5) is 25.2. The molecule has 1 aromatic heterocycles. The van der Waals surface area contributed by atoms with Crippen LogP contribution in [-0.2, 0) is 11.3 Å². The average molecular weight is 458 g/mol. The number of piperazine rings is 1. The topological polar surface area (TPSA) is 85.4 Å². The fraction of sp³-hybridized carbons (Fsp3) is 0.269. The normalized spacial score (nSPS) is 14.2. The van der Waals surface area contributed by atoms with Gasteiger partial charge in [0.1, 0.15) is 18.0 Å². The standard InChI is InChI=1S/C26H31N7O/c1-3-5-26(34)31-22-7-4-6-20(16-22)18-27-24-17-25(29-19-28-24)30-21-8-10-23(11-9-21)33-14-12-32(2)13-15-33/h3-11,16-17,19H,12-15,18H2,1-2H3,(H,31,34)(H2,27,28,29,30)/b5-3+. The van der Waals surface area contributed by atoms with Crippen LogP contribution in [0.3, 0.4) is 0 Å². The maximum atomic E-state index is 11.8. The van der Waals surface area contributed by atoms with Crippen molar-refractivity contribution < 1.29 is 4.79 Å². The van der Waals surface area contributed by atoms with Gasteiger partial charge in [-0.25, -0.2) is 9.97 Å². The molecule has 1 saturated heterocycles. The molecule has 0 radical (unpaired) electrons. The van der Waals surface area contributed by atoms with E-state index in [9.17, 15) is 4.79 Å². The second-order valence-corrected chi connectivity index (χ2v) is 8.29. The van der Waals surface area contributed by atoms with Gasteiger partial charge in [0.2, 0.25) is 5.91 Å². The van der Waals surface area contributed by atoms with Crippen molar-refractivity contribution in [2.24, 2.45) is 0 Å². The van der Waals surface area contributed by atoms with Crippen LogP contribution in [0.1, 0.15) is 12.5 Å². The zero-order chi connectivity index (χ0) is 23.8. The van der Waals surface area contributed by atoms with Crippen molar-refractivity contribution >= 4 is 34.6 Å². The maximum Gasteiger partial charge on any atom is 0.248 e. The minimum absolute atomic E-state index is 0.143. The van der Waals surface area contributed by atoms with Gasteiger partial charge in [0.15, 0.2) is 0 Å². The van der Waals surface area contributed by atoms with E-state index in [2.05, 4.69) is 67.0 Å². The molecule has 1 aliphatic rings. The Bertz CT molecular complexity index is 1120. The average Bonchev–Trinajstić information content (AvgIpc) is 2.84. The van der Waals surface area contributed by atoms with Gasteiger partial charge in [0.25, 0.3) is 0 Å². The zero-order valence-corrected chi connectivity index (χ0v) is 19.7. The highest BCUT2D eigenvalue weighted by Crippen LogP contribution is 2.22. The van der Waals surface area contributed by atoms with Gasteiger partial charge >= 0.3 is 0 Å². The molecule has 0 saturated carbocycles. The molecule has 0 bridgehead atoms. The van der Waals surface area contributed by atoms with E-state index in [1.807, 2.05) is 37.3 Å². The van der Waals surface area contributed by atoms with Crippen LogP contribution in [0.5, 0.6) is 0 Å². The fourth-order valence-electron chi connectivity index (χ4n) is 3.78. The summed E-state index contributed by atoms with van der Waals surface area (Å²) in [7, 11) is 2.16. The first-order chi connectivity index (χ1) is 16.6. The van der Waals surface area contributed by atoms with E-state index in [4.69, 9.17) is 0 Å². The quantitative estimate of drug-likeness (QED) is 0.439. The predicted octanol–water partition coefficient (Wildman–Crippen LogP) is 4.10. The van der Waals surface area contributed by atoms with E-state index in [0.717, 1.165) is 54.8 Å². The van der Waals surface area contributed by atoms with Crippen LogP contribution in [0.4, 0.5) is 28.7 Å². The molecule has 34 heavy (non-hydrogen) atoms. The fourth-order valence-corrected chi connectivity index (χ4v) is 3.78. The molecule has 1 fully saturated rings. The molecule has 0 aliphatic carbocycles. The van der Waals surface area contributed by atoms with Crippen LogP contribution < -0.4 is 20.9 Å². The number of nitrogens with zero attached hydrogens (tertiary/aromatic N) is 4. The number of hydrogen-bond acceptors (Lipinski definition) is 7. The van der Waals surface area contributed by atoms with E-state index < -0.39 is 0 Å². The van der Waals surface area contributed by atoms with Crippen LogP contribution in [0.15, 0.2) is 73.1 Å². The van der Waals surface area contributed by atoms with Crippen molar-refractivity contribution in [2.75, 3.05) is 54.1 Å². The number of amides is 1. The molecule has 3 aromatic rings. The Morgan fingerprint density at radius 2 is 1.74 bits per heavy atom. The van der Waals surface area contributed by atoms with Crippen LogP contribution in [0.25, 0.3) is 0 Å². The molecular formula is C26H31N7O. The smallest absolute Gasteiger partial charge is 0.248 e. The molecular weight excluding hydrogens is 426 g/mol. The van der Waals surface area contributed by atoms with Crippen LogP contribution >= 0.6 is 0 Å². The van der Waals surface area contributed by atoms with Gasteiger partial charge in [-0.3, -0.25) is 4.79 Å². The van der Waals surface area contributed by atoms with Gasteiger partial charge in [0.05, 0.1) is 0 Å². The number of benzene rings is 2. The Morgan fingerprint density at radius 1 is 0.971 bits per heavy atom. The molecule has 8 nitrogen and oxygen atoms in total. The SMILES string of the molecule is C/C=C/C(=O)Nc1cccc(CNc2cc(Nc3ccc(N4CCN(C)CC4)cc3)ncn2)c1. The summed E-state index contributed by atoms with van der Waals surface area (Å²) in [6.45, 7) is 6.67. The van der Waals surface area contributed by atoms with E-state index in [1.165, 1.54) is 18.1 Å². The number of likely N-dealkylation sites (N-methyl/N-ethyl adjacent to an activating group) is 1. The highest BCUT2D eigenvalue weighted by atomic mass is 16.1. The summed E-state index contributed by atoms with van der Waals surface area (Å²) < 4.78 is 0. The van der Waals surface area contributed by atoms with E-state index in [0.29, 0.717) is 6.54 Å². The Balaban J connectivity index is 1.33. The Hall–Kier alpha value is -3.91. The molecule has 0 atom stereocenters. The van der Waals surface area contributed by atoms with Crippen molar-refractivity contribution in [1.82, 2.24) is 14.9 Å². The van der Waals surface area contributed by atoms with E-state index in [-0.39, 0.29) is 5.91 Å². The lowest BCUT2D eigenvalue weighted by atomic mass is 10.2. The summed E-state index contributed by atoms with van der Waals surface area (Å²) in [5.41, 5.74) is 4.01. The van der Waals surface area contributed by atoms with Gasteiger partial charge in [-0.05, 0) is 62.0 Å². The molecule has 8 heteroatoms. The number of nitrogens with one attached hydrogen (secondary N) is 3. The maximum absolute atomic E-state index is 11.8. The molecule has 4 rings (SSSR count). The highest BCUT2D eigenvalue weighted by Gasteiger charge is 2.14. The summed E-state index contributed by atoms with van der Waals surface area (Å²) in [6, 6.07) is 18.1. The second kappa shape index (κ2) is 11.3. The van der Waals surface area contributed by atoms with E-state index >= 15 is 0 Å². The molecule has 2 aromatic carbocycles. The van der Waals surface area contributed by atoms with Crippen LogP contribution in [0.2, 0.25) is 0 Å². The molecule has 1 amide bonds. The number of carbonyl (C=O) groups is 1. The highest BCUT2D eigenvalue weighted by molar-refractivity contribution is 5.99. The summed E-state index contributed by atoms with van der Waals surface area (Å²) in [6.07, 6.45) is 4.75. The van der Waals surface area contributed by atoms with Gasteiger partial charge < -0.3 is 25.8 Å². The minimum Gasteiger partial charge on any atom is -0.369 e. The van der Waals surface area contributed by atoms with Gasteiger partial charge in [-0.15, -0.1) is 0 Å².